The SMILES string of the molecule is CCc1cnccc1C(=O)N(C)CCC(=O)O. The fourth-order valence-electron chi connectivity index (χ4n) is 1.49. The number of aromatic nitrogens is 1. The summed E-state index contributed by atoms with van der Waals surface area (Å²) in [5.41, 5.74) is 1.47. The number of carboxylic acids is 1. The first kappa shape index (κ1) is 13.2. The van der Waals surface area contributed by atoms with Gasteiger partial charge < -0.3 is 10.0 Å². The number of rotatable bonds is 5. The molecule has 0 bridgehead atoms. The van der Waals surface area contributed by atoms with Crippen LogP contribution >= 0.6 is 0 Å². The van der Waals surface area contributed by atoms with Crippen LogP contribution in [-0.2, 0) is 11.2 Å². The Hall–Kier alpha value is -1.91. The Morgan fingerprint density at radius 2 is 2.18 bits per heavy atom. The molecule has 0 fully saturated rings. The maximum atomic E-state index is 12.0. The van der Waals surface area contributed by atoms with E-state index in [0.717, 1.165) is 12.0 Å². The second kappa shape index (κ2) is 5.98. The summed E-state index contributed by atoms with van der Waals surface area (Å²) in [6, 6.07) is 1.67. The molecule has 1 amide bonds. The van der Waals surface area contributed by atoms with Gasteiger partial charge in [0.15, 0.2) is 0 Å². The molecule has 1 rings (SSSR count). The van der Waals surface area contributed by atoms with Gasteiger partial charge in [0, 0.05) is 31.5 Å². The van der Waals surface area contributed by atoms with E-state index in [0.29, 0.717) is 5.56 Å². The second-order valence-corrected chi connectivity index (χ2v) is 3.76. The van der Waals surface area contributed by atoms with Crippen molar-refractivity contribution < 1.29 is 14.7 Å². The lowest BCUT2D eigenvalue weighted by Gasteiger charge is -2.17. The second-order valence-electron chi connectivity index (χ2n) is 3.76. The monoisotopic (exact) mass is 236 g/mol. The summed E-state index contributed by atoms with van der Waals surface area (Å²) in [5.74, 6) is -1.07. The Bertz CT molecular complexity index is 418. The van der Waals surface area contributed by atoms with Crippen molar-refractivity contribution in [3.05, 3.63) is 29.6 Å². The molecule has 1 aromatic heterocycles. The van der Waals surface area contributed by atoms with Gasteiger partial charge in [-0.15, -0.1) is 0 Å². The van der Waals surface area contributed by atoms with E-state index in [-0.39, 0.29) is 18.9 Å². The van der Waals surface area contributed by atoms with Crippen molar-refractivity contribution in [2.24, 2.45) is 0 Å². The van der Waals surface area contributed by atoms with Gasteiger partial charge in [0.2, 0.25) is 0 Å². The van der Waals surface area contributed by atoms with E-state index in [9.17, 15) is 9.59 Å². The smallest absolute Gasteiger partial charge is 0.305 e. The van der Waals surface area contributed by atoms with Gasteiger partial charge in [-0.3, -0.25) is 14.6 Å². The number of hydrogen-bond acceptors (Lipinski definition) is 3. The van der Waals surface area contributed by atoms with Crippen molar-refractivity contribution in [3.63, 3.8) is 0 Å². The summed E-state index contributed by atoms with van der Waals surface area (Å²) in [7, 11) is 1.60. The number of hydrogen-bond donors (Lipinski definition) is 1. The molecule has 0 aliphatic carbocycles. The van der Waals surface area contributed by atoms with Gasteiger partial charge in [-0.1, -0.05) is 6.92 Å². The van der Waals surface area contributed by atoms with Crippen molar-refractivity contribution in [1.29, 1.82) is 0 Å². The molecule has 0 aliphatic rings. The van der Waals surface area contributed by atoms with Crippen molar-refractivity contribution in [2.45, 2.75) is 19.8 Å². The lowest BCUT2D eigenvalue weighted by molar-refractivity contribution is -0.137. The molecule has 5 heteroatoms. The number of carbonyl (C=O) groups is 2. The number of pyridine rings is 1. The summed E-state index contributed by atoms with van der Waals surface area (Å²) < 4.78 is 0. The number of aryl methyl sites for hydroxylation is 1. The van der Waals surface area contributed by atoms with E-state index in [1.54, 1.807) is 25.5 Å². The van der Waals surface area contributed by atoms with Gasteiger partial charge >= 0.3 is 5.97 Å². The summed E-state index contributed by atoms with van der Waals surface area (Å²) in [6.45, 7) is 2.16. The predicted octanol–water partition coefficient (Wildman–Crippen LogP) is 1.19. The van der Waals surface area contributed by atoms with Crippen LogP contribution in [0, 0.1) is 0 Å². The minimum atomic E-state index is -0.907. The highest BCUT2D eigenvalue weighted by Crippen LogP contribution is 2.10. The van der Waals surface area contributed by atoms with E-state index >= 15 is 0 Å². The molecule has 0 atom stereocenters. The first-order valence-electron chi connectivity index (χ1n) is 5.46. The minimum absolute atomic E-state index is 0.0468. The molecule has 17 heavy (non-hydrogen) atoms. The van der Waals surface area contributed by atoms with Gasteiger partial charge in [0.1, 0.15) is 0 Å². The Morgan fingerprint density at radius 1 is 1.47 bits per heavy atom. The minimum Gasteiger partial charge on any atom is -0.481 e. The number of nitrogens with zero attached hydrogens (tertiary/aromatic N) is 2. The molecule has 1 heterocycles. The van der Waals surface area contributed by atoms with Crippen LogP contribution in [0.5, 0.6) is 0 Å². The normalized spacial score (nSPS) is 10.0. The van der Waals surface area contributed by atoms with E-state index in [1.165, 1.54) is 4.90 Å². The Kier molecular flexibility index (Phi) is 4.63. The van der Waals surface area contributed by atoms with E-state index in [2.05, 4.69) is 4.98 Å². The topological polar surface area (TPSA) is 70.5 Å². The molecule has 0 spiro atoms. The van der Waals surface area contributed by atoms with Crippen molar-refractivity contribution in [2.75, 3.05) is 13.6 Å². The molecule has 5 nitrogen and oxygen atoms in total. The molecule has 1 aromatic rings. The van der Waals surface area contributed by atoms with Crippen LogP contribution in [0.1, 0.15) is 29.3 Å². The lowest BCUT2D eigenvalue weighted by atomic mass is 10.1. The zero-order valence-electron chi connectivity index (χ0n) is 10.0. The van der Waals surface area contributed by atoms with Crippen molar-refractivity contribution in [1.82, 2.24) is 9.88 Å². The third-order valence-electron chi connectivity index (χ3n) is 2.52. The molecular weight excluding hydrogens is 220 g/mol. The Balaban J connectivity index is 2.77. The van der Waals surface area contributed by atoms with Crippen LogP contribution < -0.4 is 0 Å². The highest BCUT2D eigenvalue weighted by atomic mass is 16.4. The summed E-state index contributed by atoms with van der Waals surface area (Å²) >= 11 is 0. The van der Waals surface area contributed by atoms with Gasteiger partial charge in [-0.05, 0) is 18.1 Å². The molecule has 0 saturated heterocycles. The molecule has 92 valence electrons. The molecular formula is C12H16N2O3. The fourth-order valence-corrected chi connectivity index (χ4v) is 1.49. The van der Waals surface area contributed by atoms with Crippen LogP contribution in [0.4, 0.5) is 0 Å². The first-order valence-corrected chi connectivity index (χ1v) is 5.46. The Morgan fingerprint density at radius 3 is 2.76 bits per heavy atom. The third kappa shape index (κ3) is 3.55. The van der Waals surface area contributed by atoms with E-state index in [4.69, 9.17) is 5.11 Å². The first-order chi connectivity index (χ1) is 8.06. The number of aliphatic carboxylic acids is 1. The maximum absolute atomic E-state index is 12.0. The average Bonchev–Trinajstić information content (AvgIpc) is 2.34. The molecule has 0 unspecified atom stereocenters. The highest BCUT2D eigenvalue weighted by molar-refractivity contribution is 5.95. The average molecular weight is 236 g/mol. The largest absolute Gasteiger partial charge is 0.481 e. The molecule has 0 aromatic carbocycles. The van der Waals surface area contributed by atoms with Crippen LogP contribution in [0.2, 0.25) is 0 Å². The zero-order valence-corrected chi connectivity index (χ0v) is 10.0. The number of carboxylic acid groups (broad SMARTS) is 1. The summed E-state index contributed by atoms with van der Waals surface area (Å²) in [6.07, 6.45) is 3.91. The fraction of sp³-hybridized carbons (Fsp3) is 0.417. The van der Waals surface area contributed by atoms with Gasteiger partial charge in [-0.25, -0.2) is 0 Å². The predicted molar refractivity (Wildman–Crippen MR) is 62.8 cm³/mol. The van der Waals surface area contributed by atoms with Crippen LogP contribution in [0.25, 0.3) is 0 Å². The standard InChI is InChI=1S/C12H16N2O3/c1-3-9-8-13-6-4-10(9)12(17)14(2)7-5-11(15)16/h4,6,8H,3,5,7H2,1-2H3,(H,15,16). The number of amides is 1. The molecule has 0 saturated carbocycles. The summed E-state index contributed by atoms with van der Waals surface area (Å²) in [5, 5.41) is 8.57. The van der Waals surface area contributed by atoms with Gasteiger partial charge in [-0.2, -0.15) is 0 Å². The third-order valence-corrected chi connectivity index (χ3v) is 2.52. The van der Waals surface area contributed by atoms with Crippen LogP contribution in [0.3, 0.4) is 0 Å². The molecule has 0 radical (unpaired) electrons. The van der Waals surface area contributed by atoms with Crippen molar-refractivity contribution >= 4 is 11.9 Å². The quantitative estimate of drug-likeness (QED) is 0.833. The molecule has 0 aliphatic heterocycles. The maximum Gasteiger partial charge on any atom is 0.305 e. The van der Waals surface area contributed by atoms with Gasteiger partial charge in [0.05, 0.1) is 6.42 Å². The zero-order chi connectivity index (χ0) is 12.8. The summed E-state index contributed by atoms with van der Waals surface area (Å²) in [4.78, 5) is 27.9. The van der Waals surface area contributed by atoms with Gasteiger partial charge in [0.25, 0.3) is 5.91 Å². The number of carbonyl (C=O) groups excluding carboxylic acids is 1. The van der Waals surface area contributed by atoms with E-state index in [1.807, 2.05) is 6.92 Å². The Labute approximate surface area is 100 Å². The van der Waals surface area contributed by atoms with Crippen LogP contribution in [-0.4, -0.2) is 40.5 Å². The van der Waals surface area contributed by atoms with E-state index < -0.39 is 5.97 Å². The lowest BCUT2D eigenvalue weighted by Crippen LogP contribution is -2.29. The van der Waals surface area contributed by atoms with Crippen LogP contribution in [0.15, 0.2) is 18.5 Å². The highest BCUT2D eigenvalue weighted by Gasteiger charge is 2.15. The van der Waals surface area contributed by atoms with Crippen molar-refractivity contribution in [3.8, 4) is 0 Å². The molecule has 1 N–H and O–H groups in total.